The molecule has 0 atom stereocenters. The molecule has 3 aromatic rings. The van der Waals surface area contributed by atoms with Crippen LogP contribution in [0.15, 0.2) is 51.6 Å². The lowest BCUT2D eigenvalue weighted by Gasteiger charge is -2.10. The van der Waals surface area contributed by atoms with Gasteiger partial charge < -0.3 is 5.32 Å². The Morgan fingerprint density at radius 1 is 1.30 bits per heavy atom. The molecule has 0 bridgehead atoms. The number of nitrogens with zero attached hydrogens (tertiary/aromatic N) is 3. The first-order valence-electron chi connectivity index (χ1n) is 6.75. The minimum atomic E-state index is -0.175. The number of thiophene rings is 1. The van der Waals surface area contributed by atoms with E-state index in [4.69, 9.17) is 11.6 Å². The van der Waals surface area contributed by atoms with Crippen molar-refractivity contribution in [2.24, 2.45) is 7.05 Å². The minimum Gasteiger partial charge on any atom is -0.324 e. The van der Waals surface area contributed by atoms with E-state index < -0.39 is 0 Å². The van der Waals surface area contributed by atoms with Crippen molar-refractivity contribution in [3.8, 4) is 0 Å². The molecule has 0 aliphatic heterocycles. The van der Waals surface area contributed by atoms with Gasteiger partial charge in [-0.15, -0.1) is 21.5 Å². The number of nitrogens with one attached hydrogen (secondary N) is 1. The molecule has 2 aromatic heterocycles. The molecule has 3 rings (SSSR count). The molecule has 118 valence electrons. The molecule has 0 radical (unpaired) electrons. The van der Waals surface area contributed by atoms with Crippen LogP contribution in [0.1, 0.15) is 4.88 Å². The first-order valence-corrected chi connectivity index (χ1v) is 8.99. The predicted octanol–water partition coefficient (Wildman–Crippen LogP) is 3.93. The lowest BCUT2D eigenvalue weighted by atomic mass is 10.3. The van der Waals surface area contributed by atoms with Gasteiger partial charge in [-0.1, -0.05) is 35.5 Å². The predicted molar refractivity (Wildman–Crippen MR) is 95.9 cm³/mol. The number of thioether (sulfide) groups is 1. The molecule has 0 spiro atoms. The second-order valence-corrected chi connectivity index (χ2v) is 7.13. The van der Waals surface area contributed by atoms with Crippen LogP contribution < -0.4 is 10.9 Å². The Kier molecular flexibility index (Phi) is 5.00. The van der Waals surface area contributed by atoms with Gasteiger partial charge in [-0.2, -0.15) is 0 Å². The molecular formula is C15H13ClN4OS2. The Morgan fingerprint density at radius 2 is 2.17 bits per heavy atom. The summed E-state index contributed by atoms with van der Waals surface area (Å²) in [7, 11) is 1.67. The highest BCUT2D eigenvalue weighted by atomic mass is 35.5. The molecule has 1 aromatic carbocycles. The maximum atomic E-state index is 12.4. The lowest BCUT2D eigenvalue weighted by molar-refractivity contribution is 0.734. The normalized spacial score (nSPS) is 10.7. The van der Waals surface area contributed by atoms with Gasteiger partial charge in [0.1, 0.15) is 0 Å². The second kappa shape index (κ2) is 7.16. The Hall–Kier alpha value is -1.83. The summed E-state index contributed by atoms with van der Waals surface area (Å²) in [5.41, 5.74) is 0.576. The monoisotopic (exact) mass is 364 g/mol. The maximum Gasteiger partial charge on any atom is 0.287 e. The van der Waals surface area contributed by atoms with Gasteiger partial charge in [-0.3, -0.25) is 9.36 Å². The quantitative estimate of drug-likeness (QED) is 0.695. The van der Waals surface area contributed by atoms with Gasteiger partial charge in [-0.25, -0.2) is 0 Å². The van der Waals surface area contributed by atoms with Crippen molar-refractivity contribution in [1.29, 1.82) is 0 Å². The smallest absolute Gasteiger partial charge is 0.287 e. The third kappa shape index (κ3) is 3.93. The van der Waals surface area contributed by atoms with Crippen LogP contribution in [0, 0.1) is 0 Å². The molecule has 1 N–H and O–H groups in total. The van der Waals surface area contributed by atoms with Crippen LogP contribution in [0.4, 0.5) is 11.6 Å². The second-order valence-electron chi connectivity index (χ2n) is 4.70. The molecule has 0 aliphatic carbocycles. The third-order valence-corrected chi connectivity index (χ3v) is 5.33. The van der Waals surface area contributed by atoms with E-state index in [0.29, 0.717) is 21.7 Å². The molecule has 2 heterocycles. The van der Waals surface area contributed by atoms with Crippen molar-refractivity contribution >= 4 is 46.3 Å². The van der Waals surface area contributed by atoms with Crippen LogP contribution in [0.2, 0.25) is 5.02 Å². The summed E-state index contributed by atoms with van der Waals surface area (Å²) in [6.07, 6.45) is 0. The lowest BCUT2D eigenvalue weighted by Crippen LogP contribution is -2.24. The van der Waals surface area contributed by atoms with Crippen LogP contribution in [-0.4, -0.2) is 14.8 Å². The molecule has 0 fully saturated rings. The molecule has 0 aliphatic rings. The van der Waals surface area contributed by atoms with Gasteiger partial charge in [-0.05, 0) is 29.6 Å². The highest BCUT2D eigenvalue weighted by Crippen LogP contribution is 2.22. The average molecular weight is 365 g/mol. The van der Waals surface area contributed by atoms with Crippen LogP contribution in [0.5, 0.6) is 0 Å². The Labute approximate surface area is 146 Å². The molecule has 0 unspecified atom stereocenters. The van der Waals surface area contributed by atoms with Crippen molar-refractivity contribution in [3.05, 3.63) is 62.0 Å². The number of benzene rings is 1. The first kappa shape index (κ1) is 16.0. The van der Waals surface area contributed by atoms with E-state index in [0.717, 1.165) is 5.69 Å². The van der Waals surface area contributed by atoms with Gasteiger partial charge >= 0.3 is 0 Å². The topological polar surface area (TPSA) is 59.8 Å². The number of halogens is 1. The number of aromatic nitrogens is 3. The van der Waals surface area contributed by atoms with Crippen molar-refractivity contribution in [2.75, 3.05) is 5.32 Å². The summed E-state index contributed by atoms with van der Waals surface area (Å²) in [6, 6.07) is 11.2. The fourth-order valence-corrected chi connectivity index (χ4v) is 3.73. The highest BCUT2D eigenvalue weighted by Gasteiger charge is 2.10. The Balaban J connectivity index is 1.78. The zero-order chi connectivity index (χ0) is 16.2. The Bertz CT molecular complexity index is 864. The average Bonchev–Trinajstić information content (AvgIpc) is 3.05. The van der Waals surface area contributed by atoms with Crippen molar-refractivity contribution < 1.29 is 0 Å². The maximum absolute atomic E-state index is 12.4. The van der Waals surface area contributed by atoms with E-state index in [-0.39, 0.29) is 5.56 Å². The summed E-state index contributed by atoms with van der Waals surface area (Å²) in [6.45, 7) is 0. The minimum absolute atomic E-state index is 0.175. The fraction of sp³-hybridized carbons (Fsp3) is 0.133. The van der Waals surface area contributed by atoms with Crippen LogP contribution in [0.3, 0.4) is 0 Å². The van der Waals surface area contributed by atoms with Gasteiger partial charge in [0.25, 0.3) is 5.56 Å². The SMILES string of the molecule is Cn1c(Nc2cccc(Cl)c2)nnc(SCc2cccs2)c1=O. The molecular weight excluding hydrogens is 352 g/mol. The van der Waals surface area contributed by atoms with E-state index in [1.807, 2.05) is 29.6 Å². The van der Waals surface area contributed by atoms with E-state index >= 15 is 0 Å². The molecule has 0 amide bonds. The standard InChI is InChI=1S/C15H13ClN4OS2/c1-20-14(21)13(23-9-12-6-3-7-22-12)18-19-15(20)17-11-5-2-4-10(16)8-11/h2-8H,9H2,1H3,(H,17,19). The summed E-state index contributed by atoms with van der Waals surface area (Å²) in [5.74, 6) is 1.08. The summed E-state index contributed by atoms with van der Waals surface area (Å²) < 4.78 is 1.45. The number of rotatable bonds is 5. The van der Waals surface area contributed by atoms with Crippen molar-refractivity contribution in [1.82, 2.24) is 14.8 Å². The molecule has 23 heavy (non-hydrogen) atoms. The molecule has 0 saturated heterocycles. The number of hydrogen-bond acceptors (Lipinski definition) is 6. The van der Waals surface area contributed by atoms with E-state index in [1.165, 1.54) is 21.2 Å². The van der Waals surface area contributed by atoms with Gasteiger partial charge in [0.15, 0.2) is 5.03 Å². The number of hydrogen-bond donors (Lipinski definition) is 1. The van der Waals surface area contributed by atoms with Crippen LogP contribution in [-0.2, 0) is 12.8 Å². The van der Waals surface area contributed by atoms with Gasteiger partial charge in [0.2, 0.25) is 5.95 Å². The van der Waals surface area contributed by atoms with Gasteiger partial charge in [0.05, 0.1) is 0 Å². The van der Waals surface area contributed by atoms with Crippen molar-refractivity contribution in [2.45, 2.75) is 10.8 Å². The third-order valence-electron chi connectivity index (χ3n) is 3.05. The van der Waals surface area contributed by atoms with Gasteiger partial charge in [0, 0.05) is 28.4 Å². The summed E-state index contributed by atoms with van der Waals surface area (Å²) >= 11 is 9.00. The summed E-state index contributed by atoms with van der Waals surface area (Å²) in [5, 5.41) is 14.2. The van der Waals surface area contributed by atoms with E-state index in [9.17, 15) is 4.79 Å². The van der Waals surface area contributed by atoms with Crippen molar-refractivity contribution in [3.63, 3.8) is 0 Å². The molecule has 8 heteroatoms. The largest absolute Gasteiger partial charge is 0.324 e. The number of anilines is 2. The zero-order valence-electron chi connectivity index (χ0n) is 12.2. The Morgan fingerprint density at radius 3 is 2.91 bits per heavy atom. The molecule has 5 nitrogen and oxygen atoms in total. The summed E-state index contributed by atoms with van der Waals surface area (Å²) in [4.78, 5) is 13.6. The van der Waals surface area contributed by atoms with Crippen LogP contribution in [0.25, 0.3) is 0 Å². The van der Waals surface area contributed by atoms with Crippen LogP contribution >= 0.6 is 34.7 Å². The van der Waals surface area contributed by atoms with E-state index in [2.05, 4.69) is 15.5 Å². The molecule has 0 saturated carbocycles. The zero-order valence-corrected chi connectivity index (χ0v) is 14.6. The fourth-order valence-electron chi connectivity index (χ4n) is 1.87. The first-order chi connectivity index (χ1) is 11.1. The highest BCUT2D eigenvalue weighted by molar-refractivity contribution is 7.98. The van der Waals surface area contributed by atoms with E-state index in [1.54, 1.807) is 30.5 Å².